The lowest BCUT2D eigenvalue weighted by atomic mass is 10.2. The average molecular weight is 432 g/mol. The molecule has 1 fully saturated rings. The monoisotopic (exact) mass is 431 g/mol. The SMILES string of the molecule is COc1ccccc1C[NH+](C)Cn1nc(-c2cccs2)n(C[C@@H]2CCCO2)c1=S. The molecule has 1 unspecified atom stereocenters. The first-order chi connectivity index (χ1) is 14.2. The quantitative estimate of drug-likeness (QED) is 0.557. The van der Waals surface area contributed by atoms with Gasteiger partial charge in [-0.1, -0.05) is 18.2 Å². The van der Waals surface area contributed by atoms with Crippen molar-refractivity contribution in [3.63, 3.8) is 0 Å². The van der Waals surface area contributed by atoms with Crippen LogP contribution in [0.3, 0.4) is 0 Å². The fraction of sp³-hybridized carbons (Fsp3) is 0.429. The van der Waals surface area contributed by atoms with Gasteiger partial charge in [0.25, 0.3) is 0 Å². The molecule has 1 saturated heterocycles. The number of para-hydroxylation sites is 1. The number of thiophene rings is 1. The van der Waals surface area contributed by atoms with Crippen molar-refractivity contribution in [2.45, 2.75) is 38.7 Å². The molecule has 6 nitrogen and oxygen atoms in total. The minimum Gasteiger partial charge on any atom is -0.496 e. The van der Waals surface area contributed by atoms with Crippen LogP contribution in [-0.2, 0) is 24.5 Å². The maximum atomic E-state index is 5.86. The highest BCUT2D eigenvalue weighted by Gasteiger charge is 2.22. The Morgan fingerprint density at radius 2 is 2.17 bits per heavy atom. The van der Waals surface area contributed by atoms with Gasteiger partial charge in [-0.3, -0.25) is 4.57 Å². The number of nitrogens with zero attached hydrogens (tertiary/aromatic N) is 3. The van der Waals surface area contributed by atoms with Gasteiger partial charge in [0.15, 0.2) is 12.5 Å². The Morgan fingerprint density at radius 1 is 1.31 bits per heavy atom. The van der Waals surface area contributed by atoms with E-state index >= 15 is 0 Å². The summed E-state index contributed by atoms with van der Waals surface area (Å²) < 4.78 is 16.2. The van der Waals surface area contributed by atoms with E-state index in [1.165, 1.54) is 10.5 Å². The van der Waals surface area contributed by atoms with E-state index in [1.54, 1.807) is 18.4 Å². The zero-order valence-corrected chi connectivity index (χ0v) is 18.5. The van der Waals surface area contributed by atoms with Crippen LogP contribution in [0.25, 0.3) is 10.7 Å². The first-order valence-corrected chi connectivity index (χ1v) is 11.2. The van der Waals surface area contributed by atoms with Gasteiger partial charge < -0.3 is 14.4 Å². The Morgan fingerprint density at radius 3 is 2.90 bits per heavy atom. The fourth-order valence-electron chi connectivity index (χ4n) is 3.77. The standard InChI is InChI=1S/C21H26N4O2S2/c1-23(13-16-7-3-4-9-18(16)26-2)15-25-21(28)24(14-17-8-5-11-27-17)20(22-25)19-10-6-12-29-19/h3-4,6-7,9-10,12,17H,5,8,11,13-15H2,1-2H3/p+1/t17-/m0/s1. The molecule has 0 spiro atoms. The van der Waals surface area contributed by atoms with Gasteiger partial charge in [-0.05, 0) is 48.6 Å². The fourth-order valence-corrected chi connectivity index (χ4v) is 4.76. The van der Waals surface area contributed by atoms with Gasteiger partial charge in [0, 0.05) is 12.2 Å². The number of quaternary nitrogens is 1. The molecule has 154 valence electrons. The third-order valence-electron chi connectivity index (χ3n) is 5.18. The smallest absolute Gasteiger partial charge is 0.203 e. The minimum absolute atomic E-state index is 0.219. The summed E-state index contributed by atoms with van der Waals surface area (Å²) in [6.45, 7) is 3.12. The molecule has 2 aromatic heterocycles. The molecule has 1 aliphatic heterocycles. The molecular formula is C21H27N4O2S2+. The van der Waals surface area contributed by atoms with Gasteiger partial charge in [0.05, 0.1) is 31.7 Å². The molecule has 1 N–H and O–H groups in total. The summed E-state index contributed by atoms with van der Waals surface area (Å²) in [5.41, 5.74) is 1.18. The maximum Gasteiger partial charge on any atom is 0.203 e. The van der Waals surface area contributed by atoms with Crippen LogP contribution in [0.1, 0.15) is 18.4 Å². The van der Waals surface area contributed by atoms with Crippen molar-refractivity contribution in [2.75, 3.05) is 20.8 Å². The van der Waals surface area contributed by atoms with Crippen LogP contribution in [0, 0.1) is 4.77 Å². The van der Waals surface area contributed by atoms with Gasteiger partial charge in [0.2, 0.25) is 4.77 Å². The second kappa shape index (κ2) is 9.21. The van der Waals surface area contributed by atoms with Gasteiger partial charge in [-0.15, -0.1) is 16.4 Å². The molecule has 3 heterocycles. The zero-order chi connectivity index (χ0) is 20.2. The number of hydrogen-bond donors (Lipinski definition) is 1. The molecular weight excluding hydrogens is 404 g/mol. The first-order valence-electron chi connectivity index (χ1n) is 9.92. The van der Waals surface area contributed by atoms with Crippen molar-refractivity contribution in [1.29, 1.82) is 0 Å². The zero-order valence-electron chi connectivity index (χ0n) is 16.8. The van der Waals surface area contributed by atoms with E-state index in [4.69, 9.17) is 26.8 Å². The number of nitrogens with one attached hydrogen (secondary N) is 1. The summed E-state index contributed by atoms with van der Waals surface area (Å²) in [5, 5.41) is 6.97. The first kappa shape index (κ1) is 20.3. The second-order valence-corrected chi connectivity index (χ2v) is 8.75. The molecule has 1 aliphatic rings. The summed E-state index contributed by atoms with van der Waals surface area (Å²) in [6, 6.07) is 12.3. The van der Waals surface area contributed by atoms with Crippen LogP contribution in [0.5, 0.6) is 5.75 Å². The molecule has 0 amide bonds. The summed E-state index contributed by atoms with van der Waals surface area (Å²) >= 11 is 7.52. The van der Waals surface area contributed by atoms with Crippen LogP contribution in [0.4, 0.5) is 0 Å². The molecule has 3 aromatic rings. The van der Waals surface area contributed by atoms with Crippen molar-refractivity contribution in [3.8, 4) is 16.5 Å². The highest BCUT2D eigenvalue weighted by molar-refractivity contribution is 7.71. The van der Waals surface area contributed by atoms with Crippen LogP contribution in [0.2, 0.25) is 0 Å². The number of aromatic nitrogens is 3. The van der Waals surface area contributed by atoms with Crippen LogP contribution < -0.4 is 9.64 Å². The maximum absolute atomic E-state index is 5.86. The summed E-state index contributed by atoms with van der Waals surface area (Å²) in [4.78, 5) is 2.42. The predicted molar refractivity (Wildman–Crippen MR) is 117 cm³/mol. The lowest BCUT2D eigenvalue weighted by Crippen LogP contribution is -3.07. The Labute approximate surface area is 180 Å². The number of ether oxygens (including phenoxy) is 2. The van der Waals surface area contributed by atoms with E-state index in [0.717, 1.165) is 53.8 Å². The summed E-state index contributed by atoms with van der Waals surface area (Å²) in [7, 11) is 3.86. The average Bonchev–Trinajstić information content (AvgIpc) is 3.47. The van der Waals surface area contributed by atoms with E-state index < -0.39 is 0 Å². The lowest BCUT2D eigenvalue weighted by Gasteiger charge is -2.15. The number of rotatable bonds is 8. The third kappa shape index (κ3) is 4.61. The van der Waals surface area contributed by atoms with E-state index in [9.17, 15) is 0 Å². The Kier molecular flexibility index (Phi) is 6.44. The van der Waals surface area contributed by atoms with Gasteiger partial charge in [-0.2, -0.15) is 4.68 Å². The Hall–Kier alpha value is -2.00. The molecule has 0 bridgehead atoms. The van der Waals surface area contributed by atoms with E-state index in [2.05, 4.69) is 35.2 Å². The molecule has 29 heavy (non-hydrogen) atoms. The topological polar surface area (TPSA) is 45.7 Å². The highest BCUT2D eigenvalue weighted by atomic mass is 32.1. The van der Waals surface area contributed by atoms with E-state index in [0.29, 0.717) is 6.67 Å². The summed E-state index contributed by atoms with van der Waals surface area (Å²) in [6.07, 6.45) is 2.42. The minimum atomic E-state index is 0.219. The van der Waals surface area contributed by atoms with Crippen LogP contribution in [0.15, 0.2) is 41.8 Å². The van der Waals surface area contributed by atoms with Crippen molar-refractivity contribution in [1.82, 2.24) is 14.3 Å². The predicted octanol–water partition coefficient (Wildman–Crippen LogP) is 3.00. The molecule has 0 saturated carbocycles. The number of hydrogen-bond acceptors (Lipinski definition) is 5. The van der Waals surface area contributed by atoms with Gasteiger partial charge in [0.1, 0.15) is 12.3 Å². The van der Waals surface area contributed by atoms with Crippen LogP contribution >= 0.6 is 23.6 Å². The molecule has 0 aliphatic carbocycles. The largest absolute Gasteiger partial charge is 0.496 e. The van der Waals surface area contributed by atoms with Gasteiger partial charge >= 0.3 is 0 Å². The van der Waals surface area contributed by atoms with E-state index in [-0.39, 0.29) is 6.10 Å². The Bertz CT molecular complexity index is 991. The van der Waals surface area contributed by atoms with Crippen molar-refractivity contribution in [2.24, 2.45) is 0 Å². The normalized spacial score (nSPS) is 17.5. The molecule has 0 radical (unpaired) electrons. The Balaban J connectivity index is 1.57. The second-order valence-electron chi connectivity index (χ2n) is 7.43. The highest BCUT2D eigenvalue weighted by Crippen LogP contribution is 2.25. The summed E-state index contributed by atoms with van der Waals surface area (Å²) in [5.74, 6) is 1.85. The van der Waals surface area contributed by atoms with Crippen molar-refractivity contribution in [3.05, 3.63) is 52.1 Å². The van der Waals surface area contributed by atoms with Gasteiger partial charge in [-0.25, -0.2) is 0 Å². The lowest BCUT2D eigenvalue weighted by molar-refractivity contribution is -0.917. The molecule has 1 aromatic carbocycles. The van der Waals surface area contributed by atoms with E-state index in [1.807, 2.05) is 22.9 Å². The van der Waals surface area contributed by atoms with Crippen molar-refractivity contribution < 1.29 is 14.4 Å². The van der Waals surface area contributed by atoms with Crippen LogP contribution in [-0.4, -0.2) is 41.2 Å². The molecule has 2 atom stereocenters. The van der Waals surface area contributed by atoms with Crippen molar-refractivity contribution >= 4 is 23.6 Å². The number of benzene rings is 1. The molecule has 8 heteroatoms. The third-order valence-corrected chi connectivity index (χ3v) is 6.48. The number of methoxy groups -OCH3 is 1. The molecule has 4 rings (SSSR count).